The number of likely N-dealkylation sites (tertiary alicyclic amines) is 1. The third-order valence-electron chi connectivity index (χ3n) is 5.60. The highest BCUT2D eigenvalue weighted by atomic mass is 16.7. The Morgan fingerprint density at radius 3 is 2.54 bits per heavy atom. The molecule has 1 fully saturated rings. The molecular weight excluding hydrogens is 356 g/mol. The fourth-order valence-electron chi connectivity index (χ4n) is 3.82. The Balaban J connectivity index is 1.36. The number of hydrogen-bond donors (Lipinski definition) is 1. The molecule has 3 rings (SSSR count). The van der Waals surface area contributed by atoms with Crippen LogP contribution in [0.4, 0.5) is 5.69 Å². The number of rotatable bonds is 9. The Morgan fingerprint density at radius 2 is 1.75 bits per heavy atom. The first-order valence-electron chi connectivity index (χ1n) is 10.7. The molecule has 1 saturated heterocycles. The van der Waals surface area contributed by atoms with Crippen molar-refractivity contribution in [2.45, 2.75) is 64.7 Å². The number of nitrogens with zero attached hydrogens (tertiary/aromatic N) is 1. The quantitative estimate of drug-likeness (QED) is 0.639. The van der Waals surface area contributed by atoms with Crippen LogP contribution < -0.4 is 14.8 Å². The Kier molecular flexibility index (Phi) is 7.57. The number of carbonyl (C=O) groups is 2. The first kappa shape index (κ1) is 20.5. The Bertz CT molecular complexity index is 669. The van der Waals surface area contributed by atoms with Crippen molar-refractivity contribution in [2.24, 2.45) is 5.92 Å². The van der Waals surface area contributed by atoms with Crippen LogP contribution in [0.2, 0.25) is 0 Å². The molecule has 2 aliphatic heterocycles. The van der Waals surface area contributed by atoms with Crippen LogP contribution in [0.1, 0.15) is 64.7 Å². The summed E-state index contributed by atoms with van der Waals surface area (Å²) >= 11 is 0. The number of piperidine rings is 1. The lowest BCUT2D eigenvalue weighted by Crippen LogP contribution is -2.41. The molecule has 1 N–H and O–H groups in total. The normalized spacial score (nSPS) is 16.2. The summed E-state index contributed by atoms with van der Waals surface area (Å²) in [7, 11) is 0. The van der Waals surface area contributed by atoms with E-state index in [1.54, 1.807) is 6.07 Å². The number of ether oxygens (including phenoxy) is 2. The maximum absolute atomic E-state index is 12.6. The van der Waals surface area contributed by atoms with E-state index in [0.29, 0.717) is 31.0 Å². The molecule has 0 aromatic heterocycles. The maximum atomic E-state index is 12.6. The smallest absolute Gasteiger partial charge is 0.231 e. The molecule has 0 radical (unpaired) electrons. The number of benzene rings is 1. The van der Waals surface area contributed by atoms with Crippen molar-refractivity contribution in [1.82, 2.24) is 4.90 Å². The predicted molar refractivity (Wildman–Crippen MR) is 108 cm³/mol. The minimum Gasteiger partial charge on any atom is -0.454 e. The highest BCUT2D eigenvalue weighted by molar-refractivity contribution is 5.93. The molecule has 0 saturated carbocycles. The number of nitrogens with one attached hydrogen (secondary N) is 1. The summed E-state index contributed by atoms with van der Waals surface area (Å²) in [4.78, 5) is 26.8. The van der Waals surface area contributed by atoms with Gasteiger partial charge in [0.05, 0.1) is 0 Å². The molecule has 1 aromatic rings. The van der Waals surface area contributed by atoms with E-state index in [1.165, 1.54) is 25.7 Å². The fourth-order valence-corrected chi connectivity index (χ4v) is 3.82. The number of unbranched alkanes of at least 4 members (excludes halogenated alkanes) is 5. The van der Waals surface area contributed by atoms with Crippen molar-refractivity contribution in [2.75, 3.05) is 25.2 Å². The van der Waals surface area contributed by atoms with Gasteiger partial charge in [-0.25, -0.2) is 0 Å². The zero-order chi connectivity index (χ0) is 19.8. The number of carbonyl (C=O) groups excluding carboxylic acids is 2. The van der Waals surface area contributed by atoms with Crippen molar-refractivity contribution >= 4 is 17.5 Å². The van der Waals surface area contributed by atoms with E-state index in [0.717, 1.165) is 31.4 Å². The first-order valence-corrected chi connectivity index (χ1v) is 10.7. The molecule has 0 unspecified atom stereocenters. The highest BCUT2D eigenvalue weighted by Gasteiger charge is 2.27. The molecule has 0 aliphatic carbocycles. The standard InChI is InChI=1S/C22H32N2O4/c1-2-3-4-5-6-7-8-21(25)24-13-11-17(12-14-24)22(26)23-18-9-10-19-20(15-18)28-16-27-19/h9-10,15,17H,2-8,11-14,16H2,1H3,(H,23,26). The number of fused-ring (bicyclic) bond motifs is 1. The van der Waals surface area contributed by atoms with Crippen LogP contribution in [0.3, 0.4) is 0 Å². The van der Waals surface area contributed by atoms with Gasteiger partial charge in [0.15, 0.2) is 11.5 Å². The molecule has 6 heteroatoms. The Labute approximate surface area is 167 Å². The van der Waals surface area contributed by atoms with Gasteiger partial charge in [0.25, 0.3) is 0 Å². The fraction of sp³-hybridized carbons (Fsp3) is 0.636. The lowest BCUT2D eigenvalue weighted by atomic mass is 9.95. The van der Waals surface area contributed by atoms with Crippen molar-refractivity contribution in [1.29, 1.82) is 0 Å². The van der Waals surface area contributed by atoms with E-state index in [1.807, 2.05) is 17.0 Å². The van der Waals surface area contributed by atoms with Gasteiger partial charge in [-0.05, 0) is 31.4 Å². The lowest BCUT2D eigenvalue weighted by Gasteiger charge is -2.31. The zero-order valence-electron chi connectivity index (χ0n) is 16.9. The maximum Gasteiger partial charge on any atom is 0.231 e. The van der Waals surface area contributed by atoms with E-state index in [4.69, 9.17) is 9.47 Å². The Hall–Kier alpha value is -2.24. The third-order valence-corrected chi connectivity index (χ3v) is 5.60. The van der Waals surface area contributed by atoms with E-state index in [9.17, 15) is 9.59 Å². The van der Waals surface area contributed by atoms with Crippen molar-refractivity contribution < 1.29 is 19.1 Å². The van der Waals surface area contributed by atoms with E-state index in [2.05, 4.69) is 12.2 Å². The molecule has 2 heterocycles. The van der Waals surface area contributed by atoms with Gasteiger partial charge in [0.2, 0.25) is 18.6 Å². The average molecular weight is 389 g/mol. The largest absolute Gasteiger partial charge is 0.454 e. The van der Waals surface area contributed by atoms with Gasteiger partial charge >= 0.3 is 0 Å². The third kappa shape index (κ3) is 5.63. The second kappa shape index (κ2) is 10.3. The van der Waals surface area contributed by atoms with Gasteiger partial charge in [0, 0.05) is 37.2 Å². The van der Waals surface area contributed by atoms with E-state index in [-0.39, 0.29) is 24.5 Å². The van der Waals surface area contributed by atoms with E-state index >= 15 is 0 Å². The van der Waals surface area contributed by atoms with Gasteiger partial charge in [-0.2, -0.15) is 0 Å². The number of amides is 2. The van der Waals surface area contributed by atoms with Crippen molar-refractivity contribution in [3.8, 4) is 11.5 Å². The summed E-state index contributed by atoms with van der Waals surface area (Å²) in [6.45, 7) is 3.78. The number of anilines is 1. The zero-order valence-corrected chi connectivity index (χ0v) is 16.9. The second-order valence-electron chi connectivity index (χ2n) is 7.73. The van der Waals surface area contributed by atoms with Crippen LogP contribution in [0.25, 0.3) is 0 Å². The molecule has 6 nitrogen and oxygen atoms in total. The van der Waals surface area contributed by atoms with E-state index < -0.39 is 0 Å². The second-order valence-corrected chi connectivity index (χ2v) is 7.73. The summed E-state index contributed by atoms with van der Waals surface area (Å²) in [5.74, 6) is 1.57. The summed E-state index contributed by atoms with van der Waals surface area (Å²) in [6.07, 6.45) is 9.23. The summed E-state index contributed by atoms with van der Waals surface area (Å²) in [5, 5.41) is 2.97. The van der Waals surface area contributed by atoms with Crippen LogP contribution in [-0.4, -0.2) is 36.6 Å². The average Bonchev–Trinajstić information content (AvgIpc) is 3.18. The first-order chi connectivity index (χ1) is 13.7. The van der Waals surface area contributed by atoms with Crippen LogP contribution in [-0.2, 0) is 9.59 Å². The highest BCUT2D eigenvalue weighted by Crippen LogP contribution is 2.34. The molecule has 0 bridgehead atoms. The van der Waals surface area contributed by atoms with Crippen LogP contribution in [0.15, 0.2) is 18.2 Å². The van der Waals surface area contributed by atoms with Gasteiger partial charge in [-0.3, -0.25) is 9.59 Å². The molecule has 0 spiro atoms. The van der Waals surface area contributed by atoms with Crippen molar-refractivity contribution in [3.63, 3.8) is 0 Å². The predicted octanol–water partition coefficient (Wildman–Crippen LogP) is 4.34. The Morgan fingerprint density at radius 1 is 1.04 bits per heavy atom. The lowest BCUT2D eigenvalue weighted by molar-refractivity contribution is -0.134. The van der Waals surface area contributed by atoms with Gasteiger partial charge in [0.1, 0.15) is 0 Å². The van der Waals surface area contributed by atoms with Crippen molar-refractivity contribution in [3.05, 3.63) is 18.2 Å². The van der Waals surface area contributed by atoms with Crippen LogP contribution in [0, 0.1) is 5.92 Å². The molecule has 1 aromatic carbocycles. The topological polar surface area (TPSA) is 67.9 Å². The molecule has 2 aliphatic rings. The SMILES string of the molecule is CCCCCCCCC(=O)N1CCC(C(=O)Nc2ccc3c(c2)OCO3)CC1. The minimum atomic E-state index is -0.0523. The van der Waals surface area contributed by atoms with Gasteiger partial charge < -0.3 is 19.7 Å². The minimum absolute atomic E-state index is 0.0156. The summed E-state index contributed by atoms with van der Waals surface area (Å²) in [6, 6.07) is 5.42. The molecular formula is C22H32N2O4. The monoisotopic (exact) mass is 388 g/mol. The van der Waals surface area contributed by atoms with Crippen LogP contribution in [0.5, 0.6) is 11.5 Å². The molecule has 28 heavy (non-hydrogen) atoms. The molecule has 0 atom stereocenters. The van der Waals surface area contributed by atoms with Gasteiger partial charge in [-0.1, -0.05) is 39.0 Å². The van der Waals surface area contributed by atoms with Crippen LogP contribution >= 0.6 is 0 Å². The van der Waals surface area contributed by atoms with Gasteiger partial charge in [-0.15, -0.1) is 0 Å². The summed E-state index contributed by atoms with van der Waals surface area (Å²) < 4.78 is 10.6. The summed E-state index contributed by atoms with van der Waals surface area (Å²) in [5.41, 5.74) is 0.718. The molecule has 2 amide bonds. The number of hydrogen-bond acceptors (Lipinski definition) is 4. The molecule has 154 valence electrons.